The topological polar surface area (TPSA) is 111 Å². The number of hydrogen-bond donors (Lipinski definition) is 2. The molecule has 100 valence electrons. The molecular weight excluding hydrogens is 250 g/mol. The van der Waals surface area contributed by atoms with E-state index in [1.165, 1.54) is 10.9 Å². The number of fused-ring (bicyclic) bond motifs is 1. The standard InChI is InChI=1S/C10H13N7O2/c1-16-5-6(13-15-16)9(19)12-10-11-8-7(18)3-2-4-17(8)14-10/h5,7,18H,2-4H2,1H3,(H,12,14,19). The first-order valence-electron chi connectivity index (χ1n) is 5.94. The predicted molar refractivity (Wildman–Crippen MR) is 63.2 cm³/mol. The first-order chi connectivity index (χ1) is 9.13. The molecule has 1 amide bonds. The fourth-order valence-corrected chi connectivity index (χ4v) is 2.00. The van der Waals surface area contributed by atoms with Gasteiger partial charge in [-0.1, -0.05) is 5.21 Å². The maximum Gasteiger partial charge on any atom is 0.280 e. The number of anilines is 1. The number of carbonyl (C=O) groups is 1. The van der Waals surface area contributed by atoms with Gasteiger partial charge in [-0.3, -0.25) is 14.8 Å². The number of amides is 1. The summed E-state index contributed by atoms with van der Waals surface area (Å²) in [6, 6.07) is 0. The van der Waals surface area contributed by atoms with E-state index in [2.05, 4.69) is 25.7 Å². The Balaban J connectivity index is 1.79. The lowest BCUT2D eigenvalue weighted by molar-refractivity contribution is 0.102. The third-order valence-corrected chi connectivity index (χ3v) is 2.91. The molecule has 1 aliphatic heterocycles. The van der Waals surface area contributed by atoms with Crippen molar-refractivity contribution < 1.29 is 9.90 Å². The van der Waals surface area contributed by atoms with E-state index in [0.29, 0.717) is 18.8 Å². The van der Waals surface area contributed by atoms with Crippen molar-refractivity contribution in [3.8, 4) is 0 Å². The average Bonchev–Trinajstić information content (AvgIpc) is 2.96. The van der Waals surface area contributed by atoms with Crippen molar-refractivity contribution in [3.05, 3.63) is 17.7 Å². The van der Waals surface area contributed by atoms with Crippen LogP contribution in [0.4, 0.5) is 5.95 Å². The van der Waals surface area contributed by atoms with E-state index in [0.717, 1.165) is 6.42 Å². The monoisotopic (exact) mass is 263 g/mol. The van der Waals surface area contributed by atoms with E-state index in [1.807, 2.05) is 0 Å². The van der Waals surface area contributed by atoms with Crippen molar-refractivity contribution in [1.82, 2.24) is 29.8 Å². The number of aryl methyl sites for hydroxylation is 2. The van der Waals surface area contributed by atoms with Crippen molar-refractivity contribution in [3.63, 3.8) is 0 Å². The van der Waals surface area contributed by atoms with Gasteiger partial charge >= 0.3 is 0 Å². The second-order valence-corrected chi connectivity index (χ2v) is 4.41. The Morgan fingerprint density at radius 2 is 2.42 bits per heavy atom. The molecule has 2 aromatic rings. The molecule has 9 nitrogen and oxygen atoms in total. The third-order valence-electron chi connectivity index (χ3n) is 2.91. The quantitative estimate of drug-likeness (QED) is 0.754. The number of aliphatic hydroxyl groups excluding tert-OH is 1. The Kier molecular flexibility index (Phi) is 2.75. The smallest absolute Gasteiger partial charge is 0.280 e. The van der Waals surface area contributed by atoms with Gasteiger partial charge in [0.2, 0.25) is 5.95 Å². The molecule has 2 aromatic heterocycles. The van der Waals surface area contributed by atoms with Gasteiger partial charge in [0.15, 0.2) is 11.5 Å². The lowest BCUT2D eigenvalue weighted by Gasteiger charge is -2.16. The number of nitrogens with zero attached hydrogens (tertiary/aromatic N) is 6. The number of hydrogen-bond acceptors (Lipinski definition) is 6. The van der Waals surface area contributed by atoms with Crippen LogP contribution in [0.15, 0.2) is 6.20 Å². The van der Waals surface area contributed by atoms with Gasteiger partial charge < -0.3 is 5.11 Å². The van der Waals surface area contributed by atoms with E-state index in [1.54, 1.807) is 11.7 Å². The molecule has 0 aliphatic carbocycles. The molecule has 0 fully saturated rings. The van der Waals surface area contributed by atoms with Gasteiger partial charge in [-0.2, -0.15) is 4.98 Å². The molecule has 0 saturated heterocycles. The summed E-state index contributed by atoms with van der Waals surface area (Å²) in [4.78, 5) is 16.0. The van der Waals surface area contributed by atoms with E-state index in [9.17, 15) is 9.90 Å². The van der Waals surface area contributed by atoms with Crippen molar-refractivity contribution in [1.29, 1.82) is 0 Å². The summed E-state index contributed by atoms with van der Waals surface area (Å²) in [6.07, 6.45) is 2.38. The summed E-state index contributed by atoms with van der Waals surface area (Å²) in [7, 11) is 1.67. The zero-order valence-electron chi connectivity index (χ0n) is 10.3. The second-order valence-electron chi connectivity index (χ2n) is 4.41. The molecule has 0 aromatic carbocycles. The molecule has 0 radical (unpaired) electrons. The lowest BCUT2D eigenvalue weighted by Crippen LogP contribution is -2.16. The number of rotatable bonds is 2. The molecular formula is C10H13N7O2. The van der Waals surface area contributed by atoms with Gasteiger partial charge in [-0.05, 0) is 12.8 Å². The van der Waals surface area contributed by atoms with Crippen LogP contribution in [0.5, 0.6) is 0 Å². The van der Waals surface area contributed by atoms with Crippen LogP contribution < -0.4 is 5.32 Å². The normalized spacial score (nSPS) is 18.1. The summed E-state index contributed by atoms with van der Waals surface area (Å²) in [5.41, 5.74) is 0.191. The third kappa shape index (κ3) is 2.19. The predicted octanol–water partition coefficient (Wildman–Crippen LogP) is -0.514. The molecule has 0 spiro atoms. The van der Waals surface area contributed by atoms with E-state index in [4.69, 9.17) is 0 Å². The van der Waals surface area contributed by atoms with E-state index < -0.39 is 12.0 Å². The molecule has 3 rings (SSSR count). The number of nitrogens with one attached hydrogen (secondary N) is 1. The molecule has 0 bridgehead atoms. The van der Waals surface area contributed by atoms with Gasteiger partial charge in [0, 0.05) is 13.6 Å². The summed E-state index contributed by atoms with van der Waals surface area (Å²) in [5, 5.41) is 23.8. The lowest BCUT2D eigenvalue weighted by atomic mass is 10.1. The van der Waals surface area contributed by atoms with Gasteiger partial charge in [0.1, 0.15) is 6.10 Å². The number of aliphatic hydroxyl groups is 1. The fourth-order valence-electron chi connectivity index (χ4n) is 2.00. The highest BCUT2D eigenvalue weighted by Gasteiger charge is 2.23. The first kappa shape index (κ1) is 11.8. The molecule has 1 unspecified atom stereocenters. The number of aromatic nitrogens is 6. The van der Waals surface area contributed by atoms with Crippen LogP contribution in [0, 0.1) is 0 Å². The summed E-state index contributed by atoms with van der Waals surface area (Å²) < 4.78 is 3.05. The Bertz CT molecular complexity index is 617. The molecule has 19 heavy (non-hydrogen) atoms. The zero-order chi connectivity index (χ0) is 13.4. The largest absolute Gasteiger partial charge is 0.385 e. The summed E-state index contributed by atoms with van der Waals surface area (Å²) in [6.45, 7) is 0.695. The van der Waals surface area contributed by atoms with Crippen molar-refractivity contribution in [2.24, 2.45) is 7.05 Å². The van der Waals surface area contributed by atoms with Crippen molar-refractivity contribution in [2.75, 3.05) is 5.32 Å². The maximum atomic E-state index is 11.8. The van der Waals surface area contributed by atoms with Crippen LogP contribution in [0.2, 0.25) is 0 Å². The van der Waals surface area contributed by atoms with Crippen LogP contribution in [0.25, 0.3) is 0 Å². The zero-order valence-corrected chi connectivity index (χ0v) is 10.3. The number of carbonyl (C=O) groups excluding carboxylic acids is 1. The molecule has 1 aliphatic rings. The molecule has 0 saturated carbocycles. The fraction of sp³-hybridized carbons (Fsp3) is 0.500. The van der Waals surface area contributed by atoms with E-state index >= 15 is 0 Å². The summed E-state index contributed by atoms with van der Waals surface area (Å²) >= 11 is 0. The summed E-state index contributed by atoms with van der Waals surface area (Å²) in [5.74, 6) is 0.234. The minimum Gasteiger partial charge on any atom is -0.385 e. The van der Waals surface area contributed by atoms with Crippen LogP contribution in [-0.2, 0) is 13.6 Å². The van der Waals surface area contributed by atoms with E-state index in [-0.39, 0.29) is 11.6 Å². The van der Waals surface area contributed by atoms with Crippen LogP contribution in [0.3, 0.4) is 0 Å². The van der Waals surface area contributed by atoms with Gasteiger partial charge in [-0.25, -0.2) is 4.68 Å². The van der Waals surface area contributed by atoms with Crippen LogP contribution in [0.1, 0.15) is 35.3 Å². The Morgan fingerprint density at radius 3 is 3.11 bits per heavy atom. The molecule has 9 heteroatoms. The minimum atomic E-state index is -0.622. The Labute approximate surface area is 108 Å². The Morgan fingerprint density at radius 1 is 1.58 bits per heavy atom. The SMILES string of the molecule is Cn1cc(C(=O)Nc2nc3n(n2)CCCC3O)nn1. The van der Waals surface area contributed by atoms with Gasteiger partial charge in [0.25, 0.3) is 5.91 Å². The molecule has 1 atom stereocenters. The van der Waals surface area contributed by atoms with Crippen molar-refractivity contribution >= 4 is 11.9 Å². The van der Waals surface area contributed by atoms with Crippen LogP contribution in [-0.4, -0.2) is 40.8 Å². The van der Waals surface area contributed by atoms with Gasteiger partial charge in [0.05, 0.1) is 6.20 Å². The highest BCUT2D eigenvalue weighted by atomic mass is 16.3. The first-order valence-corrected chi connectivity index (χ1v) is 5.94. The maximum absolute atomic E-state index is 11.8. The average molecular weight is 263 g/mol. The minimum absolute atomic E-state index is 0.173. The Hall–Kier alpha value is -2.29. The van der Waals surface area contributed by atoms with Crippen molar-refractivity contribution in [2.45, 2.75) is 25.5 Å². The molecule has 3 heterocycles. The van der Waals surface area contributed by atoms with Gasteiger partial charge in [-0.15, -0.1) is 10.2 Å². The highest BCUT2D eigenvalue weighted by Crippen LogP contribution is 2.23. The molecule has 2 N–H and O–H groups in total. The highest BCUT2D eigenvalue weighted by molar-refractivity contribution is 6.01. The van der Waals surface area contributed by atoms with Crippen LogP contribution >= 0.6 is 0 Å². The second kappa shape index (κ2) is 4.43.